The van der Waals surface area contributed by atoms with Crippen LogP contribution in [0.3, 0.4) is 0 Å². The van der Waals surface area contributed by atoms with Crippen LogP contribution < -0.4 is 29.6 Å². The first-order valence-corrected chi connectivity index (χ1v) is 27.4. The van der Waals surface area contributed by atoms with Gasteiger partial charge in [0.05, 0.1) is 32.1 Å². The molecule has 3 aromatic heterocycles. The van der Waals surface area contributed by atoms with Crippen LogP contribution in [0, 0.1) is 0 Å². The number of esters is 1. The fraction of sp³-hybridized carbons (Fsp3) is 0.547. The Kier molecular flexibility index (Phi) is 18.8. The number of β-lactam (4-membered cyclic amide) rings is 1. The summed E-state index contributed by atoms with van der Waals surface area (Å²) < 4.78 is 36.8. The number of hydrogen-bond donors (Lipinski definition) is 2. The van der Waals surface area contributed by atoms with E-state index in [0.717, 1.165) is 16.9 Å². The smallest absolute Gasteiger partial charge is 0.414 e. The number of rotatable bonds is 18. The Morgan fingerprint density at radius 1 is 0.825 bits per heavy atom. The number of aromatic nitrogens is 6. The number of benzene rings is 1. The second kappa shape index (κ2) is 24.4. The highest BCUT2D eigenvalue weighted by Crippen LogP contribution is 2.44. The van der Waals surface area contributed by atoms with Gasteiger partial charge in [-0.2, -0.15) is 0 Å². The standard InChI is InChI=1S/C53H72N12O13S2/c1-49(2,3)74-44(68)53(13,14)78-58-37(35-30-80-45(54-35)56-46(69)75-50(4,5)6)41(66)55-38-42(67)65-39(40-57-59-60-64(40)28-31-18-19-34(72-16)26-36(31)73-17)32(29-79-43(38)65)27-62-22-20-33(21-23-62)63(48(71)77-52(10,11)12)25-24-61(15)47(70)76-51(7,8)9/h18-23,26,30,38,43H,24-25,27-29H2,1-17H3,(H-,54,55,56,66,69)/p+1/b58-37-/t38-,43-/m1/s1. The molecular formula is C53H73N12O13S2+. The first-order valence-electron chi connectivity index (χ1n) is 25.5. The number of fused-ring (bicyclic) bond motifs is 1. The fourth-order valence-corrected chi connectivity index (χ4v) is 9.58. The topological polar surface area (TPSA) is 274 Å². The number of likely N-dealkylation sites (N-methyl/N-ethyl adjacent to an activating group) is 1. The van der Waals surface area contributed by atoms with E-state index >= 15 is 0 Å². The molecule has 5 amide bonds. The quantitative estimate of drug-likeness (QED) is 0.0259. The Bertz CT molecular complexity index is 3000. The summed E-state index contributed by atoms with van der Waals surface area (Å²) in [5.41, 5.74) is -3.03. The minimum atomic E-state index is -1.69. The molecule has 4 aromatic rings. The molecule has 25 nitrogen and oxygen atoms in total. The Balaban J connectivity index is 1.34. The number of methoxy groups -OCH3 is 2. The SMILES string of the molecule is COc1ccc(Cn2nnnc2C2=C(C[n+]3ccc(N(CCN(C)C(=O)OC(C)(C)C)C(=O)OC(C)(C)C)cc3)CS[C@@H]3[C@H](NC(=O)/C(=N\OC(C)(C)C(=O)OC(C)(C)C)c4csc(NC(=O)OC(C)(C)C)n4)C(=O)N23)c(OC)c1. The van der Waals surface area contributed by atoms with Crippen molar-refractivity contribution < 1.29 is 66.6 Å². The highest BCUT2D eigenvalue weighted by atomic mass is 32.2. The minimum absolute atomic E-state index is 0.0418. The van der Waals surface area contributed by atoms with Crippen molar-refractivity contribution in [2.45, 2.75) is 149 Å². The molecule has 0 unspecified atom stereocenters. The zero-order chi connectivity index (χ0) is 59.3. The number of tetrazole rings is 1. The van der Waals surface area contributed by atoms with Gasteiger partial charge in [0.15, 0.2) is 35.6 Å². The van der Waals surface area contributed by atoms with Gasteiger partial charge in [-0.3, -0.25) is 24.7 Å². The van der Waals surface area contributed by atoms with Gasteiger partial charge in [0, 0.05) is 60.6 Å². The van der Waals surface area contributed by atoms with Crippen molar-refractivity contribution in [3.05, 3.63) is 70.8 Å². The number of amides is 5. The van der Waals surface area contributed by atoms with Crippen LogP contribution in [0.2, 0.25) is 0 Å². The molecule has 0 radical (unpaired) electrons. The summed E-state index contributed by atoms with van der Waals surface area (Å²) in [6, 6.07) is 7.69. The van der Waals surface area contributed by atoms with Crippen LogP contribution in [0.15, 0.2) is 58.8 Å². The van der Waals surface area contributed by atoms with Gasteiger partial charge in [-0.1, -0.05) is 5.16 Å². The molecule has 2 aliphatic rings. The van der Waals surface area contributed by atoms with E-state index in [-0.39, 0.29) is 42.8 Å². The number of nitrogens with zero attached hydrogens (tertiary/aromatic N) is 10. The van der Waals surface area contributed by atoms with Gasteiger partial charge in [-0.05, 0) is 119 Å². The number of ether oxygens (including phenoxy) is 6. The second-order valence-electron chi connectivity index (χ2n) is 23.1. The summed E-state index contributed by atoms with van der Waals surface area (Å²) in [7, 11) is 4.67. The summed E-state index contributed by atoms with van der Waals surface area (Å²) in [6.07, 6.45) is 1.61. The maximum absolute atomic E-state index is 14.8. The van der Waals surface area contributed by atoms with Crippen molar-refractivity contribution in [3.8, 4) is 11.5 Å². The summed E-state index contributed by atoms with van der Waals surface area (Å²) in [5, 5.41) is 23.2. The van der Waals surface area contributed by atoms with Crippen LogP contribution in [0.4, 0.5) is 25.2 Å². The van der Waals surface area contributed by atoms with Crippen LogP contribution in [-0.2, 0) is 51.3 Å². The van der Waals surface area contributed by atoms with Gasteiger partial charge in [0.2, 0.25) is 5.60 Å². The Hall–Kier alpha value is -7.55. The van der Waals surface area contributed by atoms with Crippen molar-refractivity contribution in [1.29, 1.82) is 0 Å². The lowest BCUT2D eigenvalue weighted by atomic mass is 10.0. The van der Waals surface area contributed by atoms with E-state index in [1.54, 1.807) is 139 Å². The van der Waals surface area contributed by atoms with Crippen LogP contribution in [0.5, 0.6) is 11.5 Å². The average Bonchev–Trinajstić information content (AvgIpc) is 4.01. The summed E-state index contributed by atoms with van der Waals surface area (Å²) >= 11 is 2.36. The molecule has 6 rings (SSSR count). The summed E-state index contributed by atoms with van der Waals surface area (Å²) in [6.45, 7) is 24.2. The summed E-state index contributed by atoms with van der Waals surface area (Å²) in [5.74, 6) is -0.495. The zero-order valence-corrected chi connectivity index (χ0v) is 50.0. The van der Waals surface area contributed by atoms with Crippen LogP contribution in [0.25, 0.3) is 5.70 Å². The van der Waals surface area contributed by atoms with Gasteiger partial charge >= 0.3 is 24.2 Å². The van der Waals surface area contributed by atoms with Crippen LogP contribution >= 0.6 is 23.1 Å². The summed E-state index contributed by atoms with van der Waals surface area (Å²) in [4.78, 5) is 96.3. The van der Waals surface area contributed by atoms with Crippen molar-refractivity contribution in [2.24, 2.45) is 5.16 Å². The van der Waals surface area contributed by atoms with Gasteiger partial charge < -0.3 is 43.5 Å². The fourth-order valence-electron chi connectivity index (χ4n) is 7.56. The number of carbonyl (C=O) groups excluding carboxylic acids is 6. The van der Waals surface area contributed by atoms with Crippen molar-refractivity contribution >= 4 is 81.4 Å². The van der Waals surface area contributed by atoms with E-state index in [1.807, 2.05) is 10.6 Å². The van der Waals surface area contributed by atoms with E-state index < -0.39 is 81.2 Å². The Morgan fingerprint density at radius 2 is 1.46 bits per heavy atom. The molecule has 1 aromatic carbocycles. The van der Waals surface area contributed by atoms with Gasteiger partial charge in [0.1, 0.15) is 51.0 Å². The molecule has 1 saturated heterocycles. The van der Waals surface area contributed by atoms with E-state index in [1.165, 1.54) is 52.8 Å². The number of carbonyl (C=O) groups is 6. The molecule has 2 N–H and O–H groups in total. The lowest BCUT2D eigenvalue weighted by Gasteiger charge is -2.49. The number of anilines is 2. The van der Waals surface area contributed by atoms with Crippen LogP contribution in [0.1, 0.15) is 114 Å². The maximum atomic E-state index is 14.8. The molecule has 5 heterocycles. The van der Waals surface area contributed by atoms with Crippen molar-refractivity contribution in [1.82, 2.24) is 40.3 Å². The molecule has 0 saturated carbocycles. The molecule has 2 atom stereocenters. The van der Waals surface area contributed by atoms with E-state index in [9.17, 15) is 28.8 Å². The molecule has 80 heavy (non-hydrogen) atoms. The number of thiazole rings is 1. The second-order valence-corrected chi connectivity index (χ2v) is 25.1. The molecule has 0 bridgehead atoms. The lowest BCUT2D eigenvalue weighted by molar-refractivity contribution is -0.688. The minimum Gasteiger partial charge on any atom is -0.497 e. The van der Waals surface area contributed by atoms with Gasteiger partial charge in [-0.15, -0.1) is 28.2 Å². The average molecular weight is 1150 g/mol. The Labute approximate surface area is 473 Å². The molecule has 434 valence electrons. The van der Waals surface area contributed by atoms with Gasteiger partial charge in [0.25, 0.3) is 11.8 Å². The molecule has 2 aliphatic heterocycles. The number of thioether (sulfide) groups is 1. The highest BCUT2D eigenvalue weighted by molar-refractivity contribution is 8.00. The first kappa shape index (κ1) is 61.7. The number of pyridine rings is 1. The third-order valence-corrected chi connectivity index (χ3v) is 13.4. The lowest BCUT2D eigenvalue weighted by Crippen LogP contribution is -2.70. The predicted octanol–water partition coefficient (Wildman–Crippen LogP) is 6.79. The molecule has 0 spiro atoms. The Morgan fingerprint density at radius 3 is 2.08 bits per heavy atom. The molecule has 0 aliphatic carbocycles. The third-order valence-electron chi connectivity index (χ3n) is 11.3. The van der Waals surface area contributed by atoms with E-state index in [4.69, 9.17) is 33.3 Å². The number of hydrogen-bond acceptors (Lipinski definition) is 20. The van der Waals surface area contributed by atoms with Crippen molar-refractivity contribution in [2.75, 3.05) is 50.3 Å². The molecule has 1 fully saturated rings. The van der Waals surface area contributed by atoms with Crippen LogP contribution in [-0.4, -0.2) is 156 Å². The maximum Gasteiger partial charge on any atom is 0.414 e. The predicted molar refractivity (Wildman–Crippen MR) is 297 cm³/mol. The number of nitrogens with one attached hydrogen (secondary N) is 2. The third kappa shape index (κ3) is 16.3. The van der Waals surface area contributed by atoms with E-state index in [0.29, 0.717) is 34.2 Å². The number of oxime groups is 1. The monoisotopic (exact) mass is 1150 g/mol. The highest BCUT2D eigenvalue weighted by Gasteiger charge is 2.55. The van der Waals surface area contributed by atoms with Crippen molar-refractivity contribution in [3.63, 3.8) is 0 Å². The normalized spacial score (nSPS) is 15.9. The first-order chi connectivity index (χ1) is 37.2. The molecule has 27 heteroatoms. The largest absolute Gasteiger partial charge is 0.497 e. The van der Waals surface area contributed by atoms with E-state index in [2.05, 4.69) is 36.3 Å². The molecular weight excluding hydrogens is 1080 g/mol. The zero-order valence-electron chi connectivity index (χ0n) is 48.4. The van der Waals surface area contributed by atoms with Gasteiger partial charge in [-0.25, -0.2) is 33.4 Å².